The van der Waals surface area contributed by atoms with Gasteiger partial charge >= 0.3 is 5.97 Å². The summed E-state index contributed by atoms with van der Waals surface area (Å²) in [4.78, 5) is 25.7. The molecule has 0 spiro atoms. The highest BCUT2D eigenvalue weighted by Gasteiger charge is 2.17. The zero-order valence-corrected chi connectivity index (χ0v) is 11.0. The van der Waals surface area contributed by atoms with Crippen LogP contribution < -0.4 is 0 Å². The maximum absolute atomic E-state index is 11.0. The molecule has 0 bridgehead atoms. The molecule has 0 unspecified atom stereocenters. The lowest BCUT2D eigenvalue weighted by atomic mass is 10.2. The van der Waals surface area contributed by atoms with Crippen molar-refractivity contribution < 1.29 is 14.8 Å². The van der Waals surface area contributed by atoms with E-state index in [1.165, 1.54) is 23.9 Å². The standard InChI is InChI=1S/C13H10N2O4S/c16-13(17)10-3-4-12(11(6-10)15(18)19)20-8-9-2-1-5-14-7-9/h1-7H,8H2,(H,16,17). The quantitative estimate of drug-likeness (QED) is 0.517. The second kappa shape index (κ2) is 6.16. The number of aromatic carboxylic acids is 1. The third kappa shape index (κ3) is 3.33. The Morgan fingerprint density at radius 3 is 2.80 bits per heavy atom. The number of hydrogen-bond donors (Lipinski definition) is 1. The Morgan fingerprint density at radius 2 is 2.20 bits per heavy atom. The first-order chi connectivity index (χ1) is 9.58. The van der Waals surface area contributed by atoms with Crippen molar-refractivity contribution in [1.82, 2.24) is 4.98 Å². The Kier molecular flexibility index (Phi) is 4.31. The highest BCUT2D eigenvalue weighted by molar-refractivity contribution is 7.98. The number of rotatable bonds is 5. The van der Waals surface area contributed by atoms with E-state index in [1.54, 1.807) is 18.5 Å². The Balaban J connectivity index is 2.23. The molecule has 1 aromatic carbocycles. The van der Waals surface area contributed by atoms with Crippen molar-refractivity contribution in [2.24, 2.45) is 0 Å². The van der Waals surface area contributed by atoms with Crippen LogP contribution >= 0.6 is 11.8 Å². The summed E-state index contributed by atoms with van der Waals surface area (Å²) in [5.41, 5.74) is 0.648. The van der Waals surface area contributed by atoms with E-state index in [-0.39, 0.29) is 11.3 Å². The number of aromatic nitrogens is 1. The van der Waals surface area contributed by atoms with Crippen molar-refractivity contribution in [1.29, 1.82) is 0 Å². The van der Waals surface area contributed by atoms with Crippen LogP contribution in [-0.2, 0) is 5.75 Å². The van der Waals surface area contributed by atoms with E-state index in [2.05, 4.69) is 4.98 Å². The minimum absolute atomic E-state index is 0.0950. The minimum atomic E-state index is -1.18. The van der Waals surface area contributed by atoms with Gasteiger partial charge in [-0.3, -0.25) is 15.1 Å². The highest BCUT2D eigenvalue weighted by Crippen LogP contribution is 2.32. The van der Waals surface area contributed by atoms with Crippen LogP contribution in [0, 0.1) is 10.1 Å². The molecule has 2 rings (SSSR count). The summed E-state index contributed by atoms with van der Waals surface area (Å²) in [7, 11) is 0. The number of nitrogens with zero attached hydrogens (tertiary/aromatic N) is 2. The van der Waals surface area contributed by atoms with Crippen LogP contribution in [0.1, 0.15) is 15.9 Å². The van der Waals surface area contributed by atoms with Gasteiger partial charge in [-0.1, -0.05) is 6.07 Å². The van der Waals surface area contributed by atoms with Crippen LogP contribution in [0.5, 0.6) is 0 Å². The molecular weight excluding hydrogens is 280 g/mol. The molecule has 6 nitrogen and oxygen atoms in total. The molecule has 0 saturated carbocycles. The van der Waals surface area contributed by atoms with E-state index in [9.17, 15) is 14.9 Å². The van der Waals surface area contributed by atoms with Crippen LogP contribution in [0.3, 0.4) is 0 Å². The third-order valence-electron chi connectivity index (χ3n) is 2.52. The Morgan fingerprint density at radius 1 is 1.40 bits per heavy atom. The predicted molar refractivity (Wildman–Crippen MR) is 73.9 cm³/mol. The summed E-state index contributed by atoms with van der Waals surface area (Å²) in [6, 6.07) is 7.56. The zero-order valence-electron chi connectivity index (χ0n) is 10.2. The van der Waals surface area contributed by atoms with Gasteiger partial charge in [0.05, 0.1) is 15.4 Å². The summed E-state index contributed by atoms with van der Waals surface area (Å²) in [5, 5.41) is 19.8. The van der Waals surface area contributed by atoms with Crippen LogP contribution in [0.15, 0.2) is 47.6 Å². The number of nitro groups is 1. The number of carboxylic acid groups (broad SMARTS) is 1. The van der Waals surface area contributed by atoms with E-state index < -0.39 is 10.9 Å². The fraction of sp³-hybridized carbons (Fsp3) is 0.0769. The molecule has 0 amide bonds. The number of carbonyl (C=O) groups is 1. The van der Waals surface area contributed by atoms with Gasteiger partial charge in [0, 0.05) is 24.2 Å². The van der Waals surface area contributed by atoms with Gasteiger partial charge in [-0.2, -0.15) is 0 Å². The first kappa shape index (κ1) is 14.0. The Bertz CT molecular complexity index is 646. The average Bonchev–Trinajstić information content (AvgIpc) is 2.45. The molecule has 1 heterocycles. The van der Waals surface area contributed by atoms with Crippen LogP contribution in [0.25, 0.3) is 0 Å². The lowest BCUT2D eigenvalue weighted by Gasteiger charge is -2.04. The number of carboxylic acids is 1. The topological polar surface area (TPSA) is 93.3 Å². The van der Waals surface area contributed by atoms with Crippen molar-refractivity contribution in [3.8, 4) is 0 Å². The van der Waals surface area contributed by atoms with Crippen molar-refractivity contribution in [3.63, 3.8) is 0 Å². The summed E-state index contributed by atoms with van der Waals surface area (Å²) in [6.07, 6.45) is 3.34. The molecule has 0 aliphatic heterocycles. The van der Waals surface area contributed by atoms with Gasteiger partial charge in [0.2, 0.25) is 0 Å². The monoisotopic (exact) mass is 290 g/mol. The number of pyridine rings is 1. The van der Waals surface area contributed by atoms with E-state index in [4.69, 9.17) is 5.11 Å². The fourth-order valence-electron chi connectivity index (χ4n) is 1.56. The maximum atomic E-state index is 11.0. The SMILES string of the molecule is O=C(O)c1ccc(SCc2cccnc2)c([N+](=O)[O-])c1. The van der Waals surface area contributed by atoms with Crippen molar-refractivity contribution >= 4 is 23.4 Å². The highest BCUT2D eigenvalue weighted by atomic mass is 32.2. The van der Waals surface area contributed by atoms with Gasteiger partial charge in [0.25, 0.3) is 5.69 Å². The van der Waals surface area contributed by atoms with Crippen molar-refractivity contribution in [3.05, 3.63) is 64.0 Å². The van der Waals surface area contributed by atoms with Gasteiger partial charge < -0.3 is 5.11 Å². The molecule has 0 atom stereocenters. The number of hydrogen-bond acceptors (Lipinski definition) is 5. The molecule has 0 aliphatic rings. The van der Waals surface area contributed by atoms with Crippen LogP contribution in [0.2, 0.25) is 0 Å². The Hall–Kier alpha value is -2.41. The van der Waals surface area contributed by atoms with E-state index >= 15 is 0 Å². The van der Waals surface area contributed by atoms with E-state index in [1.807, 2.05) is 6.07 Å². The molecule has 102 valence electrons. The van der Waals surface area contributed by atoms with Gasteiger partial charge in [0.1, 0.15) is 0 Å². The summed E-state index contributed by atoms with van der Waals surface area (Å²) in [6.45, 7) is 0. The smallest absolute Gasteiger partial charge is 0.335 e. The largest absolute Gasteiger partial charge is 0.478 e. The first-order valence-corrected chi connectivity index (χ1v) is 6.60. The molecule has 1 N–H and O–H groups in total. The second-order valence-electron chi connectivity index (χ2n) is 3.89. The maximum Gasteiger partial charge on any atom is 0.335 e. The lowest BCUT2D eigenvalue weighted by Crippen LogP contribution is -1.99. The fourth-order valence-corrected chi connectivity index (χ4v) is 2.50. The third-order valence-corrected chi connectivity index (χ3v) is 3.65. The van der Waals surface area contributed by atoms with Crippen molar-refractivity contribution in [2.45, 2.75) is 10.6 Å². The van der Waals surface area contributed by atoms with E-state index in [0.29, 0.717) is 10.6 Å². The summed E-state index contributed by atoms with van der Waals surface area (Å²) < 4.78 is 0. The minimum Gasteiger partial charge on any atom is -0.478 e. The van der Waals surface area contributed by atoms with Gasteiger partial charge in [-0.05, 0) is 23.8 Å². The van der Waals surface area contributed by atoms with Crippen LogP contribution in [-0.4, -0.2) is 21.0 Å². The molecule has 0 saturated heterocycles. The van der Waals surface area contributed by atoms with Gasteiger partial charge in [-0.15, -0.1) is 11.8 Å². The molecular formula is C13H10N2O4S. The average molecular weight is 290 g/mol. The molecule has 1 aromatic heterocycles. The molecule has 0 fully saturated rings. The van der Waals surface area contributed by atoms with E-state index in [0.717, 1.165) is 11.6 Å². The molecule has 2 aromatic rings. The second-order valence-corrected chi connectivity index (χ2v) is 4.91. The van der Waals surface area contributed by atoms with Crippen LogP contribution in [0.4, 0.5) is 5.69 Å². The molecule has 20 heavy (non-hydrogen) atoms. The predicted octanol–water partition coefficient (Wildman–Crippen LogP) is 2.98. The normalized spacial score (nSPS) is 10.2. The van der Waals surface area contributed by atoms with Gasteiger partial charge in [0.15, 0.2) is 0 Å². The summed E-state index contributed by atoms with van der Waals surface area (Å²) >= 11 is 1.27. The number of benzene rings is 1. The summed E-state index contributed by atoms with van der Waals surface area (Å²) in [5.74, 6) is -0.655. The first-order valence-electron chi connectivity index (χ1n) is 5.61. The number of nitro benzene ring substituents is 1. The lowest BCUT2D eigenvalue weighted by molar-refractivity contribution is -0.387. The molecule has 0 radical (unpaired) electrons. The Labute approximate surface area is 118 Å². The van der Waals surface area contributed by atoms with Gasteiger partial charge in [-0.25, -0.2) is 4.79 Å². The molecule has 7 heteroatoms. The van der Waals surface area contributed by atoms with Crippen molar-refractivity contribution in [2.75, 3.05) is 0 Å². The zero-order chi connectivity index (χ0) is 14.5. The number of thioether (sulfide) groups is 1. The molecule has 0 aliphatic carbocycles.